The Morgan fingerprint density at radius 2 is 1.75 bits per heavy atom. The van der Waals surface area contributed by atoms with E-state index in [1.807, 2.05) is 0 Å². The second-order valence-electron chi connectivity index (χ2n) is 5.83. The molecule has 0 spiro atoms. The highest BCUT2D eigenvalue weighted by Gasteiger charge is 2.27. The quantitative estimate of drug-likeness (QED) is 0.477. The minimum atomic E-state index is -0.699. The molecular formula is C21H24O7. The molecule has 0 aliphatic carbocycles. The van der Waals surface area contributed by atoms with Crippen molar-refractivity contribution >= 4 is 12.4 Å². The summed E-state index contributed by atoms with van der Waals surface area (Å²) in [6.45, 7) is -0.285. The zero-order chi connectivity index (χ0) is 20.5. The van der Waals surface area contributed by atoms with Crippen molar-refractivity contribution < 1.29 is 34.0 Å². The first-order chi connectivity index (χ1) is 13.6. The monoisotopic (exact) mass is 388 g/mol. The lowest BCUT2D eigenvalue weighted by molar-refractivity contribution is -0.104. The van der Waals surface area contributed by atoms with Gasteiger partial charge in [0.1, 0.15) is 12.4 Å². The maximum atomic E-state index is 10.5. The molecule has 150 valence electrons. The van der Waals surface area contributed by atoms with Crippen LogP contribution in [0.1, 0.15) is 17.2 Å². The number of aldehydes is 1. The van der Waals surface area contributed by atoms with Crippen LogP contribution in [0.4, 0.5) is 0 Å². The van der Waals surface area contributed by atoms with Gasteiger partial charge in [-0.3, -0.25) is 4.79 Å². The normalized spacial score (nSPS) is 13.1. The van der Waals surface area contributed by atoms with Gasteiger partial charge in [0.05, 0.1) is 20.8 Å². The number of carbonyl (C=O) groups is 1. The Bertz CT molecular complexity index is 812. The Morgan fingerprint density at radius 1 is 1.00 bits per heavy atom. The van der Waals surface area contributed by atoms with Gasteiger partial charge in [0.15, 0.2) is 29.1 Å². The third-order valence-electron chi connectivity index (χ3n) is 4.16. The number of aromatic hydroxyl groups is 1. The molecule has 0 amide bonds. The highest BCUT2D eigenvalue weighted by molar-refractivity contribution is 5.74. The molecule has 2 unspecified atom stereocenters. The van der Waals surface area contributed by atoms with Crippen molar-refractivity contribution in [2.45, 2.75) is 12.2 Å². The topological polar surface area (TPSA) is 94.5 Å². The van der Waals surface area contributed by atoms with Crippen LogP contribution >= 0.6 is 0 Å². The summed E-state index contributed by atoms with van der Waals surface area (Å²) in [6, 6.07) is 9.97. The fraction of sp³-hybridized carbons (Fsp3) is 0.286. The predicted molar refractivity (Wildman–Crippen MR) is 104 cm³/mol. The smallest absolute Gasteiger partial charge is 0.162 e. The lowest BCUT2D eigenvalue weighted by atomic mass is 10.0. The van der Waals surface area contributed by atoms with Gasteiger partial charge in [0.2, 0.25) is 0 Å². The molecule has 0 fully saturated rings. The van der Waals surface area contributed by atoms with Crippen LogP contribution in [0.3, 0.4) is 0 Å². The minimum Gasteiger partial charge on any atom is -0.504 e. The van der Waals surface area contributed by atoms with Crippen molar-refractivity contribution in [3.63, 3.8) is 0 Å². The summed E-state index contributed by atoms with van der Waals surface area (Å²) in [5, 5.41) is 19.6. The summed E-state index contributed by atoms with van der Waals surface area (Å²) in [4.78, 5) is 10.5. The highest BCUT2D eigenvalue weighted by Crippen LogP contribution is 2.36. The molecule has 0 radical (unpaired) electrons. The Balaban J connectivity index is 2.43. The Morgan fingerprint density at radius 3 is 2.36 bits per heavy atom. The summed E-state index contributed by atoms with van der Waals surface area (Å²) < 4.78 is 22.1. The lowest BCUT2D eigenvalue weighted by Gasteiger charge is -2.27. The van der Waals surface area contributed by atoms with Crippen LogP contribution in [0.15, 0.2) is 42.5 Å². The summed E-state index contributed by atoms with van der Waals surface area (Å²) in [5.74, 6) is 1.15. The standard InChI is InChI=1S/C21H24O7/c1-25-18-12-15(7-8-16(18)24)21(20(13-23)27-3)28-17-9-6-14(5-4-10-22)11-19(17)26-2/h4-12,20-21,23-24H,13H2,1-3H3. The van der Waals surface area contributed by atoms with Crippen LogP contribution < -0.4 is 14.2 Å². The summed E-state index contributed by atoms with van der Waals surface area (Å²) in [6.07, 6.45) is 2.35. The van der Waals surface area contributed by atoms with Gasteiger partial charge in [-0.1, -0.05) is 18.2 Å². The molecule has 2 aromatic rings. The molecule has 28 heavy (non-hydrogen) atoms. The second-order valence-corrected chi connectivity index (χ2v) is 5.83. The molecule has 7 nitrogen and oxygen atoms in total. The maximum absolute atomic E-state index is 10.5. The van der Waals surface area contributed by atoms with E-state index in [9.17, 15) is 15.0 Å². The number of hydrogen-bond acceptors (Lipinski definition) is 7. The number of aliphatic hydroxyl groups is 1. The average Bonchev–Trinajstić information content (AvgIpc) is 2.73. The molecule has 0 heterocycles. The number of rotatable bonds is 10. The van der Waals surface area contributed by atoms with Crippen LogP contribution in [0.2, 0.25) is 0 Å². The van der Waals surface area contributed by atoms with Crippen LogP contribution in [0.25, 0.3) is 6.08 Å². The number of hydrogen-bond donors (Lipinski definition) is 2. The number of ether oxygens (including phenoxy) is 4. The van der Waals surface area contributed by atoms with Gasteiger partial charge < -0.3 is 29.2 Å². The van der Waals surface area contributed by atoms with Crippen molar-refractivity contribution in [1.82, 2.24) is 0 Å². The van der Waals surface area contributed by atoms with Gasteiger partial charge in [-0.2, -0.15) is 0 Å². The summed E-state index contributed by atoms with van der Waals surface area (Å²) in [7, 11) is 4.43. The number of phenolic OH excluding ortho intramolecular Hbond substituents is 1. The van der Waals surface area contributed by atoms with E-state index in [0.717, 1.165) is 5.56 Å². The van der Waals surface area contributed by atoms with E-state index in [0.29, 0.717) is 23.3 Å². The lowest BCUT2D eigenvalue weighted by Crippen LogP contribution is -2.29. The van der Waals surface area contributed by atoms with E-state index < -0.39 is 12.2 Å². The zero-order valence-electron chi connectivity index (χ0n) is 16.0. The molecule has 7 heteroatoms. The van der Waals surface area contributed by atoms with E-state index >= 15 is 0 Å². The molecule has 0 bridgehead atoms. The SMILES string of the molecule is COc1cc(C(Oc2ccc(C=CC=O)cc2OC)C(CO)OC)ccc1O. The molecule has 2 atom stereocenters. The van der Waals surface area contributed by atoms with Crippen molar-refractivity contribution in [3.05, 3.63) is 53.6 Å². The first-order valence-corrected chi connectivity index (χ1v) is 8.55. The molecule has 0 saturated carbocycles. The van der Waals surface area contributed by atoms with E-state index in [1.165, 1.54) is 33.5 Å². The highest BCUT2D eigenvalue weighted by atomic mass is 16.6. The van der Waals surface area contributed by atoms with Gasteiger partial charge in [-0.15, -0.1) is 0 Å². The first kappa shape index (κ1) is 21.3. The van der Waals surface area contributed by atoms with Crippen LogP contribution in [-0.2, 0) is 9.53 Å². The van der Waals surface area contributed by atoms with Crippen molar-refractivity contribution in [2.24, 2.45) is 0 Å². The van der Waals surface area contributed by atoms with Crippen LogP contribution in [0.5, 0.6) is 23.0 Å². The Hall–Kier alpha value is -3.03. The molecular weight excluding hydrogens is 364 g/mol. The van der Waals surface area contributed by atoms with Gasteiger partial charge in [0, 0.05) is 7.11 Å². The van der Waals surface area contributed by atoms with Crippen LogP contribution in [-0.4, -0.2) is 50.5 Å². The fourth-order valence-corrected chi connectivity index (χ4v) is 2.70. The molecule has 2 N–H and O–H groups in total. The summed E-state index contributed by atoms with van der Waals surface area (Å²) >= 11 is 0. The predicted octanol–water partition coefficient (Wildman–Crippen LogP) is 2.75. The minimum absolute atomic E-state index is 0.00753. The average molecular weight is 388 g/mol. The van der Waals surface area contributed by atoms with Gasteiger partial charge in [0.25, 0.3) is 0 Å². The number of benzene rings is 2. The number of phenols is 1. The maximum Gasteiger partial charge on any atom is 0.162 e. The number of aliphatic hydroxyl groups excluding tert-OH is 1. The molecule has 2 rings (SSSR count). The molecule has 0 saturated heterocycles. The van der Waals surface area contributed by atoms with Gasteiger partial charge >= 0.3 is 0 Å². The number of methoxy groups -OCH3 is 3. The second kappa shape index (κ2) is 10.3. The molecule has 0 aliphatic rings. The van der Waals surface area contributed by atoms with Crippen molar-refractivity contribution in [2.75, 3.05) is 27.9 Å². The van der Waals surface area contributed by atoms with E-state index in [1.54, 1.807) is 36.4 Å². The van der Waals surface area contributed by atoms with Gasteiger partial charge in [-0.25, -0.2) is 0 Å². The number of carbonyl (C=O) groups excluding carboxylic acids is 1. The van der Waals surface area contributed by atoms with E-state index in [2.05, 4.69) is 0 Å². The molecule has 0 aromatic heterocycles. The zero-order valence-corrected chi connectivity index (χ0v) is 16.0. The van der Waals surface area contributed by atoms with E-state index in [-0.39, 0.29) is 18.1 Å². The summed E-state index contributed by atoms with van der Waals surface area (Å²) in [5.41, 5.74) is 1.41. The third-order valence-corrected chi connectivity index (χ3v) is 4.16. The molecule has 2 aromatic carbocycles. The van der Waals surface area contributed by atoms with Crippen molar-refractivity contribution in [1.29, 1.82) is 0 Å². The van der Waals surface area contributed by atoms with Gasteiger partial charge in [-0.05, 0) is 41.5 Å². The fourth-order valence-electron chi connectivity index (χ4n) is 2.70. The Kier molecular flexibility index (Phi) is 7.86. The number of allylic oxidation sites excluding steroid dienone is 1. The Labute approximate surface area is 163 Å². The van der Waals surface area contributed by atoms with Crippen molar-refractivity contribution in [3.8, 4) is 23.0 Å². The first-order valence-electron chi connectivity index (χ1n) is 8.55. The largest absolute Gasteiger partial charge is 0.504 e. The van der Waals surface area contributed by atoms with E-state index in [4.69, 9.17) is 18.9 Å². The third kappa shape index (κ3) is 5.03. The van der Waals surface area contributed by atoms with Crippen LogP contribution in [0, 0.1) is 0 Å². The molecule has 0 aliphatic heterocycles.